The third-order valence-corrected chi connectivity index (χ3v) is 2.24. The minimum Gasteiger partial charge on any atom is -0.259 e. The predicted octanol–water partition coefficient (Wildman–Crippen LogP) is 2.15. The van der Waals surface area contributed by atoms with Gasteiger partial charge in [0.15, 0.2) is 3.92 Å². The van der Waals surface area contributed by atoms with E-state index in [9.17, 15) is 10.1 Å². The molecule has 4 nitrogen and oxygen atoms in total. The molecule has 1 heterocycles. The number of rotatable bonds is 2. The lowest BCUT2D eigenvalue weighted by Crippen LogP contribution is -1.81. The summed E-state index contributed by atoms with van der Waals surface area (Å²) in [5.74, 6) is 0. The van der Waals surface area contributed by atoms with E-state index in [0.29, 0.717) is 5.69 Å². The third-order valence-electron chi connectivity index (χ3n) is 0.861. The summed E-state index contributed by atoms with van der Waals surface area (Å²) in [5, 5.41) is 11.6. The zero-order valence-electron chi connectivity index (χ0n) is 5.23. The molecule has 0 saturated carbocycles. The van der Waals surface area contributed by atoms with Crippen LogP contribution in [-0.4, -0.2) is 9.91 Å². The van der Waals surface area contributed by atoms with Gasteiger partial charge in [0.2, 0.25) is 6.20 Å². The molecule has 1 aromatic heterocycles. The quantitative estimate of drug-likeness (QED) is 0.582. The van der Waals surface area contributed by atoms with Crippen LogP contribution in [0.3, 0.4) is 0 Å². The fraction of sp³-hybridized carbons (Fsp3) is 0. The minimum absolute atomic E-state index is 0.521. The molecule has 6 heteroatoms. The van der Waals surface area contributed by atoms with E-state index >= 15 is 0 Å². The summed E-state index contributed by atoms with van der Waals surface area (Å²) in [6.45, 7) is 0. The number of aromatic nitrogens is 1. The Kier molecular flexibility index (Phi) is 2.72. The van der Waals surface area contributed by atoms with Crippen molar-refractivity contribution in [3.8, 4) is 0 Å². The van der Waals surface area contributed by atoms with Crippen molar-refractivity contribution in [2.75, 3.05) is 0 Å². The number of nitro groups is 1. The molecule has 0 radical (unpaired) electrons. The van der Waals surface area contributed by atoms with Crippen molar-refractivity contribution in [1.82, 2.24) is 4.98 Å². The number of hydrogen-bond donors (Lipinski definition) is 0. The second-order valence-corrected chi connectivity index (χ2v) is 3.76. The van der Waals surface area contributed by atoms with Gasteiger partial charge >= 0.3 is 0 Å². The van der Waals surface area contributed by atoms with Crippen LogP contribution in [-0.2, 0) is 0 Å². The Hall–Kier alpha value is -0.750. The molecule has 0 aliphatic rings. The summed E-state index contributed by atoms with van der Waals surface area (Å²) < 4.78 is 0.723. The molecule has 1 rings (SSSR count). The topological polar surface area (TPSA) is 56.0 Å². The molecule has 0 saturated heterocycles. The Morgan fingerprint density at radius 2 is 2.55 bits per heavy atom. The van der Waals surface area contributed by atoms with Crippen LogP contribution in [0.4, 0.5) is 0 Å². The molecular formula is C5H3BrN2O2S. The third kappa shape index (κ3) is 2.77. The van der Waals surface area contributed by atoms with Crippen molar-refractivity contribution in [2.45, 2.75) is 0 Å². The summed E-state index contributed by atoms with van der Waals surface area (Å²) in [6, 6.07) is 0. The van der Waals surface area contributed by atoms with Gasteiger partial charge in [-0.2, -0.15) is 0 Å². The predicted molar refractivity (Wildman–Crippen MR) is 45.8 cm³/mol. The van der Waals surface area contributed by atoms with E-state index in [1.807, 2.05) is 0 Å². The first-order valence-electron chi connectivity index (χ1n) is 2.61. The molecule has 0 N–H and O–H groups in total. The highest BCUT2D eigenvalue weighted by Gasteiger charge is 1.95. The number of hydrogen-bond acceptors (Lipinski definition) is 4. The fourth-order valence-corrected chi connectivity index (χ4v) is 1.47. The molecular weight excluding hydrogens is 232 g/mol. The zero-order chi connectivity index (χ0) is 8.27. The van der Waals surface area contributed by atoms with E-state index in [2.05, 4.69) is 20.9 Å². The van der Waals surface area contributed by atoms with Crippen LogP contribution in [0.15, 0.2) is 15.5 Å². The smallest absolute Gasteiger partial charge is 0.236 e. The van der Waals surface area contributed by atoms with Gasteiger partial charge < -0.3 is 0 Å². The van der Waals surface area contributed by atoms with E-state index in [1.165, 1.54) is 17.4 Å². The lowest BCUT2D eigenvalue weighted by Gasteiger charge is -1.77. The van der Waals surface area contributed by atoms with Crippen molar-refractivity contribution in [3.63, 3.8) is 0 Å². The maximum atomic E-state index is 9.86. The van der Waals surface area contributed by atoms with E-state index in [4.69, 9.17) is 0 Å². The monoisotopic (exact) mass is 234 g/mol. The standard InChI is InChI=1S/C5H3BrN2O2S/c6-5-7-4(3-11-5)1-2-8(9)10/h1-3H/b2-1+. The van der Waals surface area contributed by atoms with Crippen molar-refractivity contribution in [3.05, 3.63) is 31.3 Å². The van der Waals surface area contributed by atoms with Gasteiger partial charge in [0.05, 0.1) is 10.6 Å². The fourth-order valence-electron chi connectivity index (χ4n) is 0.477. The Morgan fingerprint density at radius 1 is 1.82 bits per heavy atom. The molecule has 0 aliphatic carbocycles. The Balaban J connectivity index is 2.71. The molecule has 0 bridgehead atoms. The molecule has 0 amide bonds. The molecule has 0 unspecified atom stereocenters. The van der Waals surface area contributed by atoms with E-state index in [-0.39, 0.29) is 0 Å². The first-order chi connectivity index (χ1) is 5.18. The van der Waals surface area contributed by atoms with Crippen molar-refractivity contribution >= 4 is 33.3 Å². The molecule has 11 heavy (non-hydrogen) atoms. The highest BCUT2D eigenvalue weighted by Crippen LogP contribution is 2.16. The van der Waals surface area contributed by atoms with Crippen molar-refractivity contribution < 1.29 is 4.92 Å². The van der Waals surface area contributed by atoms with Crippen LogP contribution in [0.2, 0.25) is 0 Å². The summed E-state index contributed by atoms with van der Waals surface area (Å²) in [4.78, 5) is 13.3. The first kappa shape index (κ1) is 8.35. The van der Waals surface area contributed by atoms with Gasteiger partial charge in [-0.3, -0.25) is 10.1 Å². The van der Waals surface area contributed by atoms with Crippen LogP contribution >= 0.6 is 27.3 Å². The van der Waals surface area contributed by atoms with Gasteiger partial charge in [-0.25, -0.2) is 4.98 Å². The average molecular weight is 235 g/mol. The lowest BCUT2D eigenvalue weighted by atomic mass is 10.5. The van der Waals surface area contributed by atoms with Gasteiger partial charge in [0, 0.05) is 11.5 Å². The second kappa shape index (κ2) is 3.59. The summed E-state index contributed by atoms with van der Waals surface area (Å²) >= 11 is 4.53. The van der Waals surface area contributed by atoms with E-state index in [0.717, 1.165) is 10.1 Å². The first-order valence-corrected chi connectivity index (χ1v) is 4.28. The van der Waals surface area contributed by atoms with Crippen LogP contribution in [0.1, 0.15) is 5.69 Å². The maximum absolute atomic E-state index is 9.86. The molecule has 0 fully saturated rings. The van der Waals surface area contributed by atoms with Crippen molar-refractivity contribution in [1.29, 1.82) is 0 Å². The normalized spacial score (nSPS) is 10.6. The SMILES string of the molecule is O=[N+]([O-])/C=C/c1csc(Br)n1. The van der Waals surface area contributed by atoms with Crippen LogP contribution in [0, 0.1) is 10.1 Å². The largest absolute Gasteiger partial charge is 0.259 e. The maximum Gasteiger partial charge on any atom is 0.236 e. The molecule has 1 aromatic rings. The van der Waals surface area contributed by atoms with Crippen LogP contribution in [0.5, 0.6) is 0 Å². The molecule has 0 aliphatic heterocycles. The second-order valence-electron chi connectivity index (χ2n) is 1.63. The lowest BCUT2D eigenvalue weighted by molar-refractivity contribution is -0.401. The summed E-state index contributed by atoms with van der Waals surface area (Å²) in [7, 11) is 0. The van der Waals surface area contributed by atoms with Gasteiger partial charge in [-0.05, 0) is 15.9 Å². The van der Waals surface area contributed by atoms with Gasteiger partial charge in [0.1, 0.15) is 0 Å². The zero-order valence-corrected chi connectivity index (χ0v) is 7.63. The van der Waals surface area contributed by atoms with Crippen LogP contribution < -0.4 is 0 Å². The minimum atomic E-state index is -0.521. The Labute approximate surface area is 74.9 Å². The summed E-state index contributed by atoms with van der Waals surface area (Å²) in [6.07, 6.45) is 2.21. The number of halogens is 1. The number of nitrogens with zero attached hydrogens (tertiary/aromatic N) is 2. The van der Waals surface area contributed by atoms with Gasteiger partial charge in [0.25, 0.3) is 0 Å². The van der Waals surface area contributed by atoms with E-state index < -0.39 is 4.92 Å². The molecule has 0 spiro atoms. The Morgan fingerprint density at radius 3 is 3.00 bits per heavy atom. The molecule has 58 valence electrons. The Bertz CT molecular complexity index is 296. The van der Waals surface area contributed by atoms with E-state index in [1.54, 1.807) is 5.38 Å². The highest BCUT2D eigenvalue weighted by atomic mass is 79.9. The average Bonchev–Trinajstić information content (AvgIpc) is 2.31. The summed E-state index contributed by atoms with van der Waals surface area (Å²) in [5.41, 5.74) is 0.596. The highest BCUT2D eigenvalue weighted by molar-refractivity contribution is 9.11. The van der Waals surface area contributed by atoms with Gasteiger partial charge in [-0.1, -0.05) is 0 Å². The van der Waals surface area contributed by atoms with Crippen LogP contribution in [0.25, 0.3) is 6.08 Å². The molecule has 0 atom stereocenters. The number of thiazole rings is 1. The van der Waals surface area contributed by atoms with Gasteiger partial charge in [-0.15, -0.1) is 11.3 Å². The van der Waals surface area contributed by atoms with Crippen molar-refractivity contribution in [2.24, 2.45) is 0 Å². The molecule has 0 aromatic carbocycles.